The fourth-order valence-corrected chi connectivity index (χ4v) is 5.04. The molecule has 0 unspecified atom stereocenters. The predicted octanol–water partition coefficient (Wildman–Crippen LogP) is 4.85. The van der Waals surface area contributed by atoms with Gasteiger partial charge in [-0.2, -0.15) is 0 Å². The second-order valence-electron chi connectivity index (χ2n) is 7.42. The van der Waals surface area contributed by atoms with Crippen LogP contribution in [0, 0.1) is 0 Å². The Hall–Kier alpha value is -4.37. The highest BCUT2D eigenvalue weighted by Crippen LogP contribution is 2.37. The van der Waals surface area contributed by atoms with Crippen molar-refractivity contribution in [1.82, 2.24) is 0 Å². The largest absolute Gasteiger partial charge is 0.323 e. The normalized spacial score (nSPS) is 12.3. The third-order valence-corrected chi connectivity index (χ3v) is 6.63. The fraction of sp³-hybridized carbons (Fsp3) is 0. The first kappa shape index (κ1) is 20.5. The van der Waals surface area contributed by atoms with E-state index in [1.807, 2.05) is 6.07 Å². The van der Waals surface area contributed by atoms with Crippen LogP contribution in [0.15, 0.2) is 89.8 Å². The Morgan fingerprint density at radius 3 is 2.27 bits per heavy atom. The van der Waals surface area contributed by atoms with Crippen LogP contribution >= 0.6 is 0 Å². The number of rotatable bonds is 5. The molecule has 0 bridgehead atoms. The molecule has 0 fully saturated rings. The maximum Gasteiger partial charge on any atom is 0.323 e. The van der Waals surface area contributed by atoms with E-state index in [-0.39, 0.29) is 16.5 Å². The van der Waals surface area contributed by atoms with Gasteiger partial charge in [0.25, 0.3) is 15.9 Å². The summed E-state index contributed by atoms with van der Waals surface area (Å²) in [5.74, 6) is -0.259. The molecular weight excluding hydrogens is 440 g/mol. The topological polar surface area (TPSA) is 116 Å². The first-order valence-corrected chi connectivity index (χ1v) is 11.5. The van der Waals surface area contributed by atoms with Crippen LogP contribution in [-0.4, -0.2) is 20.4 Å². The Kier molecular flexibility index (Phi) is 4.95. The number of hydrogen-bond acceptors (Lipinski definition) is 4. The molecule has 9 heteroatoms. The number of urea groups is 1. The summed E-state index contributed by atoms with van der Waals surface area (Å²) in [6.45, 7) is 0. The second kappa shape index (κ2) is 7.95. The molecule has 0 radical (unpaired) electrons. The minimum atomic E-state index is -3.97. The van der Waals surface area contributed by atoms with E-state index in [1.165, 1.54) is 12.1 Å². The van der Waals surface area contributed by atoms with Crippen molar-refractivity contribution in [2.24, 2.45) is 0 Å². The van der Waals surface area contributed by atoms with Gasteiger partial charge in [-0.15, -0.1) is 0 Å². The SMILES string of the molecule is O=C(Nc1ccccc1)Nc1cccc(NS(=O)(=O)c2ccc3c4c(cccc24)C(=O)N3)c1. The molecule has 0 aliphatic carbocycles. The third kappa shape index (κ3) is 3.97. The van der Waals surface area contributed by atoms with Crippen molar-refractivity contribution in [3.05, 3.63) is 90.5 Å². The summed E-state index contributed by atoms with van der Waals surface area (Å²) in [4.78, 5) is 24.4. The van der Waals surface area contributed by atoms with Gasteiger partial charge in [0.15, 0.2) is 0 Å². The fourth-order valence-electron chi connectivity index (χ4n) is 3.78. The number of carbonyl (C=O) groups excluding carboxylic acids is 2. The molecule has 164 valence electrons. The number of hydrogen-bond donors (Lipinski definition) is 4. The lowest BCUT2D eigenvalue weighted by Crippen LogP contribution is -2.19. The van der Waals surface area contributed by atoms with Crippen molar-refractivity contribution >= 4 is 55.5 Å². The summed E-state index contributed by atoms with van der Waals surface area (Å²) < 4.78 is 29.0. The van der Waals surface area contributed by atoms with E-state index in [2.05, 4.69) is 20.7 Å². The van der Waals surface area contributed by atoms with Crippen molar-refractivity contribution in [3.63, 3.8) is 0 Å². The van der Waals surface area contributed by atoms with Crippen molar-refractivity contribution in [2.45, 2.75) is 4.90 Å². The number of carbonyl (C=O) groups is 2. The summed E-state index contributed by atoms with van der Waals surface area (Å²) in [5, 5.41) is 9.16. The lowest BCUT2D eigenvalue weighted by Gasteiger charge is -2.13. The van der Waals surface area contributed by atoms with Gasteiger partial charge >= 0.3 is 6.03 Å². The monoisotopic (exact) mass is 458 g/mol. The zero-order chi connectivity index (χ0) is 23.0. The summed E-state index contributed by atoms with van der Waals surface area (Å²) in [6, 6.07) is 22.9. The second-order valence-corrected chi connectivity index (χ2v) is 9.08. The van der Waals surface area contributed by atoms with E-state index in [1.54, 1.807) is 66.7 Å². The molecule has 1 heterocycles. The molecule has 0 spiro atoms. The van der Waals surface area contributed by atoms with Gasteiger partial charge in [0.2, 0.25) is 0 Å². The molecule has 5 rings (SSSR count). The van der Waals surface area contributed by atoms with Crippen molar-refractivity contribution in [2.75, 3.05) is 20.7 Å². The van der Waals surface area contributed by atoms with E-state index in [0.29, 0.717) is 33.4 Å². The number of sulfonamides is 1. The summed E-state index contributed by atoms with van der Waals surface area (Å²) in [7, 11) is -3.97. The van der Waals surface area contributed by atoms with Gasteiger partial charge in [-0.1, -0.05) is 36.4 Å². The highest BCUT2D eigenvalue weighted by molar-refractivity contribution is 7.93. The molecule has 0 saturated carbocycles. The van der Waals surface area contributed by atoms with Gasteiger partial charge in [0.05, 0.1) is 10.6 Å². The average molecular weight is 458 g/mol. The van der Waals surface area contributed by atoms with Crippen LogP contribution in [0.1, 0.15) is 10.4 Å². The van der Waals surface area contributed by atoms with E-state index in [4.69, 9.17) is 0 Å². The minimum Gasteiger partial charge on any atom is -0.321 e. The Bertz CT molecular complexity index is 1520. The zero-order valence-electron chi connectivity index (χ0n) is 17.1. The van der Waals surface area contributed by atoms with Crippen LogP contribution < -0.4 is 20.7 Å². The van der Waals surface area contributed by atoms with Crippen LogP contribution in [0.3, 0.4) is 0 Å². The highest BCUT2D eigenvalue weighted by atomic mass is 32.2. The third-order valence-electron chi connectivity index (χ3n) is 5.19. The lowest BCUT2D eigenvalue weighted by atomic mass is 10.1. The van der Waals surface area contributed by atoms with Crippen LogP contribution in [0.5, 0.6) is 0 Å². The number of amides is 3. The molecule has 0 saturated heterocycles. The number of para-hydroxylation sites is 1. The Morgan fingerprint density at radius 2 is 1.45 bits per heavy atom. The van der Waals surface area contributed by atoms with Crippen LogP contribution in [-0.2, 0) is 10.0 Å². The maximum absolute atomic E-state index is 13.2. The van der Waals surface area contributed by atoms with Crippen LogP contribution in [0.4, 0.5) is 27.5 Å². The standard InChI is InChI=1S/C24H18N4O4S/c29-23-19-11-5-10-18-21(13-12-20(27-23)22(18)19)33(31,32)28-17-9-4-8-16(14-17)26-24(30)25-15-6-2-1-3-7-15/h1-14,28H,(H,27,29)(H2,25,26,30). The molecule has 1 aliphatic rings. The number of anilines is 4. The average Bonchev–Trinajstić information content (AvgIpc) is 3.11. The van der Waals surface area contributed by atoms with Gasteiger partial charge in [-0.05, 0) is 48.5 Å². The van der Waals surface area contributed by atoms with E-state index in [9.17, 15) is 18.0 Å². The van der Waals surface area contributed by atoms with Gasteiger partial charge in [0, 0.05) is 33.4 Å². The zero-order valence-corrected chi connectivity index (χ0v) is 17.9. The van der Waals surface area contributed by atoms with Crippen LogP contribution in [0.25, 0.3) is 10.8 Å². The van der Waals surface area contributed by atoms with Gasteiger partial charge < -0.3 is 16.0 Å². The lowest BCUT2D eigenvalue weighted by molar-refractivity contribution is 0.103. The minimum absolute atomic E-state index is 0.0554. The molecule has 33 heavy (non-hydrogen) atoms. The molecule has 4 N–H and O–H groups in total. The summed E-state index contributed by atoms with van der Waals surface area (Å²) in [5.41, 5.74) is 2.35. The molecule has 8 nitrogen and oxygen atoms in total. The quantitative estimate of drug-likeness (QED) is 0.342. The molecule has 4 aromatic carbocycles. The van der Waals surface area contributed by atoms with Crippen molar-refractivity contribution in [1.29, 1.82) is 0 Å². The number of benzene rings is 4. The van der Waals surface area contributed by atoms with Crippen molar-refractivity contribution < 1.29 is 18.0 Å². The van der Waals surface area contributed by atoms with Crippen molar-refractivity contribution in [3.8, 4) is 0 Å². The van der Waals surface area contributed by atoms with Gasteiger partial charge in [0.1, 0.15) is 0 Å². The van der Waals surface area contributed by atoms with E-state index >= 15 is 0 Å². The highest BCUT2D eigenvalue weighted by Gasteiger charge is 2.26. The first-order valence-electron chi connectivity index (χ1n) is 10.0. The van der Waals surface area contributed by atoms with Crippen LogP contribution in [0.2, 0.25) is 0 Å². The smallest absolute Gasteiger partial charge is 0.321 e. The maximum atomic E-state index is 13.2. The Morgan fingerprint density at radius 1 is 0.758 bits per heavy atom. The Balaban J connectivity index is 1.39. The summed E-state index contributed by atoms with van der Waals surface area (Å²) in [6.07, 6.45) is 0. The molecule has 0 aromatic heterocycles. The molecule has 1 aliphatic heterocycles. The Labute approximate surface area is 189 Å². The predicted molar refractivity (Wildman–Crippen MR) is 128 cm³/mol. The van der Waals surface area contributed by atoms with Gasteiger partial charge in [-0.25, -0.2) is 13.2 Å². The van der Waals surface area contributed by atoms with Gasteiger partial charge in [-0.3, -0.25) is 9.52 Å². The molecular formula is C24H18N4O4S. The molecule has 4 aromatic rings. The first-order chi connectivity index (χ1) is 15.9. The number of nitrogens with one attached hydrogen (secondary N) is 4. The van der Waals surface area contributed by atoms with E-state index < -0.39 is 16.1 Å². The summed E-state index contributed by atoms with van der Waals surface area (Å²) >= 11 is 0. The molecule has 3 amide bonds. The molecule has 0 atom stereocenters. The van der Waals surface area contributed by atoms with E-state index in [0.717, 1.165) is 0 Å².